The Morgan fingerprint density at radius 2 is 2.04 bits per heavy atom. The first-order valence-corrected chi connectivity index (χ1v) is 8.69. The van der Waals surface area contributed by atoms with Crippen molar-refractivity contribution in [3.63, 3.8) is 0 Å². The van der Waals surface area contributed by atoms with Gasteiger partial charge in [0.15, 0.2) is 5.65 Å². The number of rotatable bonds is 4. The maximum Gasteiger partial charge on any atom is 0.350 e. The van der Waals surface area contributed by atoms with E-state index in [1.54, 1.807) is 10.6 Å². The molecule has 0 fully saturated rings. The minimum Gasteiger partial charge on any atom is -0.351 e. The van der Waals surface area contributed by atoms with E-state index in [2.05, 4.69) is 58.5 Å². The Kier molecular flexibility index (Phi) is 4.31. The molecule has 3 aromatic rings. The van der Waals surface area contributed by atoms with E-state index in [0.29, 0.717) is 12.2 Å². The molecule has 1 aromatic carbocycles. The number of aryl methyl sites for hydroxylation is 1. The fourth-order valence-corrected chi connectivity index (χ4v) is 3.05. The van der Waals surface area contributed by atoms with Gasteiger partial charge in [0.05, 0.1) is 6.54 Å². The predicted molar refractivity (Wildman–Crippen MR) is 103 cm³/mol. The monoisotopic (exact) mass is 347 g/mol. The molecule has 0 bridgehead atoms. The van der Waals surface area contributed by atoms with Crippen molar-refractivity contribution in [2.45, 2.75) is 13.5 Å². The maximum atomic E-state index is 12.2. The molecule has 0 spiro atoms. The smallest absolute Gasteiger partial charge is 0.350 e. The van der Waals surface area contributed by atoms with Crippen LogP contribution < -0.4 is 10.6 Å². The lowest BCUT2D eigenvalue weighted by atomic mass is 10.2. The van der Waals surface area contributed by atoms with Gasteiger partial charge in [0, 0.05) is 43.6 Å². The van der Waals surface area contributed by atoms with E-state index in [9.17, 15) is 4.79 Å². The Morgan fingerprint density at radius 1 is 1.12 bits per heavy atom. The molecule has 0 amide bonds. The van der Waals surface area contributed by atoms with Crippen LogP contribution in [-0.4, -0.2) is 32.2 Å². The minimum absolute atomic E-state index is 0.120. The number of fused-ring (bicyclic) bond motifs is 1. The Labute approximate surface area is 151 Å². The zero-order chi connectivity index (χ0) is 17.9. The van der Waals surface area contributed by atoms with Gasteiger partial charge in [-0.15, -0.1) is 5.10 Å². The summed E-state index contributed by atoms with van der Waals surface area (Å²) in [5.41, 5.74) is 3.01. The number of benzene rings is 1. The molecule has 0 saturated heterocycles. The molecule has 132 valence electrons. The number of aromatic nitrogens is 3. The molecule has 0 radical (unpaired) electrons. The van der Waals surface area contributed by atoms with E-state index >= 15 is 0 Å². The summed E-state index contributed by atoms with van der Waals surface area (Å²) < 4.78 is 3.02. The number of nitrogens with zero attached hydrogens (tertiary/aromatic N) is 5. The summed E-state index contributed by atoms with van der Waals surface area (Å²) in [5, 5.41) is 4.33. The first kappa shape index (κ1) is 16.2. The highest BCUT2D eigenvalue weighted by Crippen LogP contribution is 2.18. The second kappa shape index (κ2) is 6.92. The molecule has 1 aliphatic rings. The molecule has 0 aliphatic carbocycles. The Morgan fingerprint density at radius 3 is 2.81 bits per heavy atom. The second-order valence-electron chi connectivity index (χ2n) is 6.35. The molecular weight excluding hydrogens is 326 g/mol. The molecular formula is C20H21N5O. The van der Waals surface area contributed by atoms with Gasteiger partial charge >= 0.3 is 5.69 Å². The highest BCUT2D eigenvalue weighted by Gasteiger charge is 2.10. The van der Waals surface area contributed by atoms with E-state index in [0.717, 1.165) is 13.1 Å². The van der Waals surface area contributed by atoms with Crippen LogP contribution in [0.15, 0.2) is 78.1 Å². The standard InChI is InChI=1S/C20H21N5O/c1-17-6-4-7-18(16-17)23-14-12-22(13-15-23)9-5-11-25-20(26)24-10-3-2-8-19(24)21-25/h2-10,12,14,16H,11,13,15H2,1H3. The van der Waals surface area contributed by atoms with Crippen molar-refractivity contribution in [1.82, 2.24) is 19.1 Å². The van der Waals surface area contributed by atoms with E-state index < -0.39 is 0 Å². The van der Waals surface area contributed by atoms with Crippen LogP contribution in [0, 0.1) is 6.92 Å². The summed E-state index contributed by atoms with van der Waals surface area (Å²) in [6.07, 6.45) is 9.83. The number of hydrogen-bond acceptors (Lipinski definition) is 4. The fourth-order valence-electron chi connectivity index (χ4n) is 3.05. The predicted octanol–water partition coefficient (Wildman–Crippen LogP) is 2.61. The van der Waals surface area contributed by atoms with Gasteiger partial charge in [-0.25, -0.2) is 9.48 Å². The molecule has 6 nitrogen and oxygen atoms in total. The lowest BCUT2D eigenvalue weighted by molar-refractivity contribution is 0.488. The number of anilines is 1. The zero-order valence-corrected chi connectivity index (χ0v) is 14.7. The first-order valence-electron chi connectivity index (χ1n) is 8.69. The van der Waals surface area contributed by atoms with Crippen LogP contribution in [0.4, 0.5) is 5.69 Å². The van der Waals surface area contributed by atoms with Gasteiger partial charge in [0.1, 0.15) is 0 Å². The molecule has 0 saturated carbocycles. The van der Waals surface area contributed by atoms with Crippen molar-refractivity contribution in [2.75, 3.05) is 18.0 Å². The van der Waals surface area contributed by atoms with Crippen LogP contribution in [-0.2, 0) is 6.54 Å². The van der Waals surface area contributed by atoms with Crippen LogP contribution in [0.25, 0.3) is 5.65 Å². The summed E-state index contributed by atoms with van der Waals surface area (Å²) in [4.78, 5) is 16.6. The quantitative estimate of drug-likeness (QED) is 0.728. The molecule has 26 heavy (non-hydrogen) atoms. The molecule has 2 aromatic heterocycles. The number of hydrogen-bond donors (Lipinski definition) is 0. The van der Waals surface area contributed by atoms with Gasteiger partial charge in [-0.3, -0.25) is 4.40 Å². The van der Waals surface area contributed by atoms with Crippen molar-refractivity contribution >= 4 is 11.3 Å². The highest BCUT2D eigenvalue weighted by atomic mass is 16.2. The van der Waals surface area contributed by atoms with Crippen LogP contribution in [0.2, 0.25) is 0 Å². The van der Waals surface area contributed by atoms with Crippen LogP contribution in [0.3, 0.4) is 0 Å². The average Bonchev–Trinajstić information content (AvgIpc) is 2.99. The number of allylic oxidation sites excluding steroid dienone is 1. The molecule has 3 heterocycles. The maximum absolute atomic E-state index is 12.2. The van der Waals surface area contributed by atoms with Crippen molar-refractivity contribution in [3.05, 3.63) is 89.4 Å². The van der Waals surface area contributed by atoms with Crippen LogP contribution in [0.5, 0.6) is 0 Å². The van der Waals surface area contributed by atoms with E-state index in [-0.39, 0.29) is 5.69 Å². The van der Waals surface area contributed by atoms with Gasteiger partial charge in [-0.2, -0.15) is 0 Å². The Bertz CT molecular complexity index is 1030. The third-order valence-corrected chi connectivity index (χ3v) is 4.43. The molecule has 0 atom stereocenters. The van der Waals surface area contributed by atoms with Gasteiger partial charge < -0.3 is 9.80 Å². The Hall–Kier alpha value is -3.28. The summed E-state index contributed by atoms with van der Waals surface area (Å²) in [6, 6.07) is 14.0. The fraction of sp³-hybridized carbons (Fsp3) is 0.200. The first-order chi connectivity index (χ1) is 12.7. The summed E-state index contributed by atoms with van der Waals surface area (Å²) >= 11 is 0. The largest absolute Gasteiger partial charge is 0.351 e. The molecule has 4 rings (SSSR count). The van der Waals surface area contributed by atoms with Crippen molar-refractivity contribution in [1.29, 1.82) is 0 Å². The third kappa shape index (κ3) is 3.26. The summed E-state index contributed by atoms with van der Waals surface area (Å²) in [7, 11) is 0. The van der Waals surface area contributed by atoms with E-state index in [1.165, 1.54) is 15.9 Å². The zero-order valence-electron chi connectivity index (χ0n) is 14.7. The summed E-state index contributed by atoms with van der Waals surface area (Å²) in [6.45, 7) is 4.36. The van der Waals surface area contributed by atoms with E-state index in [4.69, 9.17) is 0 Å². The van der Waals surface area contributed by atoms with Crippen LogP contribution >= 0.6 is 0 Å². The summed E-state index contributed by atoms with van der Waals surface area (Å²) in [5.74, 6) is 0. The lowest BCUT2D eigenvalue weighted by Gasteiger charge is -2.29. The lowest BCUT2D eigenvalue weighted by Crippen LogP contribution is -2.32. The normalized spacial score (nSPS) is 14.7. The second-order valence-corrected chi connectivity index (χ2v) is 6.35. The Balaban J connectivity index is 1.41. The SMILES string of the molecule is Cc1cccc(N2C=CN(C=CCn3nc4ccccn4c3=O)CC2)c1. The van der Waals surface area contributed by atoms with Crippen LogP contribution in [0.1, 0.15) is 5.56 Å². The minimum atomic E-state index is -0.120. The molecule has 0 unspecified atom stereocenters. The van der Waals surface area contributed by atoms with Gasteiger partial charge in [0.25, 0.3) is 0 Å². The molecule has 0 N–H and O–H groups in total. The van der Waals surface area contributed by atoms with Gasteiger partial charge in [-0.05, 0) is 42.8 Å². The van der Waals surface area contributed by atoms with Crippen molar-refractivity contribution < 1.29 is 0 Å². The topological polar surface area (TPSA) is 45.8 Å². The van der Waals surface area contributed by atoms with Crippen molar-refractivity contribution in [3.8, 4) is 0 Å². The van der Waals surface area contributed by atoms with E-state index in [1.807, 2.05) is 30.5 Å². The van der Waals surface area contributed by atoms with Crippen molar-refractivity contribution in [2.24, 2.45) is 0 Å². The third-order valence-electron chi connectivity index (χ3n) is 4.43. The number of pyridine rings is 1. The average molecular weight is 347 g/mol. The molecule has 1 aliphatic heterocycles. The van der Waals surface area contributed by atoms with Gasteiger partial charge in [-0.1, -0.05) is 18.2 Å². The highest BCUT2D eigenvalue weighted by molar-refractivity contribution is 5.51. The molecule has 6 heteroatoms. The van der Waals surface area contributed by atoms with Gasteiger partial charge in [0.2, 0.25) is 0 Å².